The molecule has 1 aliphatic heterocycles. The zero-order valence-electron chi connectivity index (χ0n) is 9.41. The van der Waals surface area contributed by atoms with Crippen molar-refractivity contribution in [1.82, 2.24) is 5.32 Å². The third-order valence-corrected chi connectivity index (χ3v) is 2.39. The van der Waals surface area contributed by atoms with E-state index in [1.807, 2.05) is 0 Å². The molecule has 0 aromatic heterocycles. The SMILES string of the molecule is C=CC(=O)OCCOC1CNC(C)(C)C1. The molecule has 1 N–H and O–H groups in total. The predicted molar refractivity (Wildman–Crippen MR) is 57.6 cm³/mol. The summed E-state index contributed by atoms with van der Waals surface area (Å²) in [7, 11) is 0. The lowest BCUT2D eigenvalue weighted by atomic mass is 10.0. The van der Waals surface area contributed by atoms with Crippen LogP contribution in [0, 0.1) is 0 Å². The lowest BCUT2D eigenvalue weighted by Crippen LogP contribution is -2.31. The van der Waals surface area contributed by atoms with Crippen LogP contribution >= 0.6 is 0 Å². The molecule has 1 fully saturated rings. The first-order valence-electron chi connectivity index (χ1n) is 5.19. The maximum atomic E-state index is 10.7. The summed E-state index contributed by atoms with van der Waals surface area (Å²) in [5, 5.41) is 3.36. The second-order valence-electron chi connectivity index (χ2n) is 4.33. The Morgan fingerprint density at radius 1 is 1.60 bits per heavy atom. The fourth-order valence-electron chi connectivity index (χ4n) is 1.64. The number of hydrogen-bond acceptors (Lipinski definition) is 4. The average molecular weight is 213 g/mol. The number of carbonyl (C=O) groups excluding carboxylic acids is 1. The van der Waals surface area contributed by atoms with Gasteiger partial charge in [-0.25, -0.2) is 4.79 Å². The van der Waals surface area contributed by atoms with E-state index in [1.54, 1.807) is 0 Å². The largest absolute Gasteiger partial charge is 0.460 e. The minimum absolute atomic E-state index is 0.155. The van der Waals surface area contributed by atoms with E-state index in [9.17, 15) is 4.79 Å². The summed E-state index contributed by atoms with van der Waals surface area (Å²) in [6.07, 6.45) is 2.37. The molecular weight excluding hydrogens is 194 g/mol. The molecule has 1 aliphatic rings. The first-order valence-corrected chi connectivity index (χ1v) is 5.19. The lowest BCUT2D eigenvalue weighted by molar-refractivity contribution is -0.139. The average Bonchev–Trinajstić information content (AvgIpc) is 2.52. The molecule has 86 valence electrons. The molecule has 0 radical (unpaired) electrons. The van der Waals surface area contributed by atoms with Crippen LogP contribution in [0.25, 0.3) is 0 Å². The number of ether oxygens (including phenoxy) is 2. The van der Waals surface area contributed by atoms with Gasteiger partial charge in [-0.2, -0.15) is 0 Å². The molecular formula is C11H19NO3. The summed E-state index contributed by atoms with van der Waals surface area (Å²) in [5.74, 6) is -0.400. The van der Waals surface area contributed by atoms with E-state index in [4.69, 9.17) is 9.47 Å². The lowest BCUT2D eigenvalue weighted by Gasteiger charge is -2.17. The zero-order valence-corrected chi connectivity index (χ0v) is 9.41. The Bertz CT molecular complexity index is 238. The van der Waals surface area contributed by atoms with E-state index in [2.05, 4.69) is 25.7 Å². The van der Waals surface area contributed by atoms with Crippen molar-refractivity contribution in [1.29, 1.82) is 0 Å². The molecule has 0 aromatic rings. The van der Waals surface area contributed by atoms with Gasteiger partial charge in [0.25, 0.3) is 0 Å². The Morgan fingerprint density at radius 2 is 2.33 bits per heavy atom. The predicted octanol–water partition coefficient (Wildman–Crippen LogP) is 0.873. The summed E-state index contributed by atoms with van der Waals surface area (Å²) in [6.45, 7) is 9.21. The van der Waals surface area contributed by atoms with Crippen LogP contribution in [0.15, 0.2) is 12.7 Å². The summed E-state index contributed by atoms with van der Waals surface area (Å²) >= 11 is 0. The summed E-state index contributed by atoms with van der Waals surface area (Å²) in [4.78, 5) is 10.7. The van der Waals surface area contributed by atoms with Gasteiger partial charge in [-0.15, -0.1) is 0 Å². The molecule has 4 nitrogen and oxygen atoms in total. The summed E-state index contributed by atoms with van der Waals surface area (Å²) in [5.41, 5.74) is 0.155. The molecule has 0 saturated carbocycles. The molecule has 1 atom stereocenters. The van der Waals surface area contributed by atoms with Crippen molar-refractivity contribution < 1.29 is 14.3 Å². The van der Waals surface area contributed by atoms with Crippen molar-refractivity contribution in [2.75, 3.05) is 19.8 Å². The van der Waals surface area contributed by atoms with Crippen molar-refractivity contribution in [3.8, 4) is 0 Å². The molecule has 1 rings (SSSR count). The van der Waals surface area contributed by atoms with Crippen LogP contribution in [0.1, 0.15) is 20.3 Å². The van der Waals surface area contributed by atoms with Gasteiger partial charge in [0, 0.05) is 18.2 Å². The standard InChI is InChI=1S/C11H19NO3/c1-4-10(13)15-6-5-14-9-7-11(2,3)12-8-9/h4,9,12H,1,5-8H2,2-3H3. The highest BCUT2D eigenvalue weighted by Gasteiger charge is 2.30. The quantitative estimate of drug-likeness (QED) is 0.418. The van der Waals surface area contributed by atoms with Crippen LogP contribution in [-0.2, 0) is 14.3 Å². The van der Waals surface area contributed by atoms with Crippen molar-refractivity contribution in [2.45, 2.75) is 31.9 Å². The molecule has 0 amide bonds. The van der Waals surface area contributed by atoms with E-state index in [-0.39, 0.29) is 11.6 Å². The van der Waals surface area contributed by atoms with Gasteiger partial charge in [0.05, 0.1) is 12.7 Å². The molecule has 1 saturated heterocycles. The van der Waals surface area contributed by atoms with Crippen LogP contribution < -0.4 is 5.32 Å². The summed E-state index contributed by atoms with van der Waals surface area (Å²) in [6, 6.07) is 0. The monoisotopic (exact) mass is 213 g/mol. The minimum Gasteiger partial charge on any atom is -0.460 e. The number of carbonyl (C=O) groups is 1. The van der Waals surface area contributed by atoms with Gasteiger partial charge in [-0.05, 0) is 20.3 Å². The second-order valence-corrected chi connectivity index (χ2v) is 4.33. The Labute approximate surface area is 90.6 Å². The number of esters is 1. The van der Waals surface area contributed by atoms with Crippen LogP contribution in [0.4, 0.5) is 0 Å². The third kappa shape index (κ3) is 4.44. The molecule has 1 unspecified atom stereocenters. The second kappa shape index (κ2) is 5.28. The van der Waals surface area contributed by atoms with Gasteiger partial charge in [0.15, 0.2) is 0 Å². The van der Waals surface area contributed by atoms with Crippen LogP contribution in [0.5, 0.6) is 0 Å². The maximum absolute atomic E-state index is 10.7. The highest BCUT2D eigenvalue weighted by atomic mass is 16.6. The Hall–Kier alpha value is -0.870. The first kappa shape index (κ1) is 12.2. The van der Waals surface area contributed by atoms with Crippen molar-refractivity contribution in [2.24, 2.45) is 0 Å². The molecule has 0 aromatic carbocycles. The van der Waals surface area contributed by atoms with E-state index >= 15 is 0 Å². The molecule has 4 heteroatoms. The van der Waals surface area contributed by atoms with Crippen molar-refractivity contribution in [3.05, 3.63) is 12.7 Å². The number of rotatable bonds is 5. The van der Waals surface area contributed by atoms with Gasteiger partial charge < -0.3 is 14.8 Å². The Kier molecular flexibility index (Phi) is 4.29. The number of hydrogen-bond donors (Lipinski definition) is 1. The molecule has 0 aliphatic carbocycles. The van der Waals surface area contributed by atoms with Crippen LogP contribution in [0.3, 0.4) is 0 Å². The molecule has 1 heterocycles. The molecule has 0 bridgehead atoms. The highest BCUT2D eigenvalue weighted by molar-refractivity contribution is 5.81. The summed E-state index contributed by atoms with van der Waals surface area (Å²) < 4.78 is 10.4. The van der Waals surface area contributed by atoms with Gasteiger partial charge >= 0.3 is 5.97 Å². The number of nitrogens with one attached hydrogen (secondary N) is 1. The molecule has 0 spiro atoms. The fourth-order valence-corrected chi connectivity index (χ4v) is 1.64. The smallest absolute Gasteiger partial charge is 0.330 e. The Morgan fingerprint density at radius 3 is 2.87 bits per heavy atom. The van der Waals surface area contributed by atoms with E-state index in [0.717, 1.165) is 19.0 Å². The van der Waals surface area contributed by atoms with Gasteiger partial charge in [0.1, 0.15) is 6.61 Å². The third-order valence-electron chi connectivity index (χ3n) is 2.39. The van der Waals surface area contributed by atoms with Gasteiger partial charge in [-0.1, -0.05) is 6.58 Å². The highest BCUT2D eigenvalue weighted by Crippen LogP contribution is 2.19. The normalized spacial score (nSPS) is 23.7. The topological polar surface area (TPSA) is 47.6 Å². The van der Waals surface area contributed by atoms with E-state index < -0.39 is 5.97 Å². The van der Waals surface area contributed by atoms with E-state index in [0.29, 0.717) is 13.2 Å². The molecule has 15 heavy (non-hydrogen) atoms. The van der Waals surface area contributed by atoms with Gasteiger partial charge in [-0.3, -0.25) is 0 Å². The van der Waals surface area contributed by atoms with Crippen LogP contribution in [0.2, 0.25) is 0 Å². The van der Waals surface area contributed by atoms with E-state index in [1.165, 1.54) is 0 Å². The zero-order chi connectivity index (χ0) is 11.3. The Balaban J connectivity index is 2.07. The maximum Gasteiger partial charge on any atom is 0.330 e. The van der Waals surface area contributed by atoms with Crippen LogP contribution in [-0.4, -0.2) is 37.4 Å². The van der Waals surface area contributed by atoms with Gasteiger partial charge in [0.2, 0.25) is 0 Å². The van der Waals surface area contributed by atoms with Crippen molar-refractivity contribution >= 4 is 5.97 Å². The fraction of sp³-hybridized carbons (Fsp3) is 0.727. The first-order chi connectivity index (χ1) is 7.03. The van der Waals surface area contributed by atoms with Crippen molar-refractivity contribution in [3.63, 3.8) is 0 Å². The minimum atomic E-state index is -0.400.